The van der Waals surface area contributed by atoms with Gasteiger partial charge in [-0.15, -0.1) is 0 Å². The zero-order valence-corrected chi connectivity index (χ0v) is 9.42. The lowest BCUT2D eigenvalue weighted by Gasteiger charge is -2.20. The molecule has 0 radical (unpaired) electrons. The van der Waals surface area contributed by atoms with E-state index in [-0.39, 0.29) is 5.91 Å². The molecule has 0 atom stereocenters. The number of amides is 1. The second-order valence-corrected chi connectivity index (χ2v) is 3.73. The van der Waals surface area contributed by atoms with E-state index < -0.39 is 0 Å². The zero-order valence-electron chi connectivity index (χ0n) is 8.60. The molecule has 0 spiro atoms. The summed E-state index contributed by atoms with van der Waals surface area (Å²) in [5.74, 6) is -0.0987. The molecule has 0 unspecified atom stereocenters. The Hall–Kier alpha value is -1.36. The van der Waals surface area contributed by atoms with Crippen molar-refractivity contribution in [3.05, 3.63) is 24.2 Å². The first-order valence-corrected chi connectivity index (χ1v) is 5.15. The average Bonchev–Trinajstić information content (AvgIpc) is 2.68. The number of carbonyl (C=O) groups excluding carboxylic acids is 1. The van der Waals surface area contributed by atoms with Crippen molar-refractivity contribution in [1.29, 1.82) is 0 Å². The van der Waals surface area contributed by atoms with E-state index in [2.05, 4.69) is 0 Å². The predicted octanol–water partition coefficient (Wildman–Crippen LogP) is 1.42. The Morgan fingerprint density at radius 1 is 1.67 bits per heavy atom. The second kappa shape index (κ2) is 5.50. The summed E-state index contributed by atoms with van der Waals surface area (Å²) in [7, 11) is 0. The molecule has 4 nitrogen and oxygen atoms in total. The molecular weight excluding hydrogens is 212 g/mol. The van der Waals surface area contributed by atoms with Gasteiger partial charge < -0.3 is 15.1 Å². The lowest BCUT2D eigenvalue weighted by Crippen LogP contribution is -2.38. The van der Waals surface area contributed by atoms with Crippen LogP contribution in [-0.2, 0) is 0 Å². The Balaban J connectivity index is 2.71. The number of hydrogen-bond acceptors (Lipinski definition) is 3. The van der Waals surface area contributed by atoms with Gasteiger partial charge in [-0.2, -0.15) is 0 Å². The van der Waals surface area contributed by atoms with Crippen molar-refractivity contribution in [2.45, 2.75) is 13.3 Å². The van der Waals surface area contributed by atoms with Gasteiger partial charge in [0, 0.05) is 6.54 Å². The Kier molecular flexibility index (Phi) is 4.30. The molecule has 1 rings (SSSR count). The highest BCUT2D eigenvalue weighted by Gasteiger charge is 2.16. The molecule has 1 aromatic heterocycles. The highest BCUT2D eigenvalue weighted by Crippen LogP contribution is 2.06. The van der Waals surface area contributed by atoms with Crippen molar-refractivity contribution < 1.29 is 9.21 Å². The number of nitrogens with two attached hydrogens (primary N) is 1. The fourth-order valence-electron chi connectivity index (χ4n) is 1.28. The lowest BCUT2D eigenvalue weighted by atomic mass is 10.2. The summed E-state index contributed by atoms with van der Waals surface area (Å²) in [5.41, 5.74) is 5.96. The van der Waals surface area contributed by atoms with Crippen molar-refractivity contribution in [3.63, 3.8) is 0 Å². The summed E-state index contributed by atoms with van der Waals surface area (Å²) in [6.07, 6.45) is 3.76. The first kappa shape index (κ1) is 11.7. The molecule has 5 heteroatoms. The molecule has 15 heavy (non-hydrogen) atoms. The maximum absolute atomic E-state index is 11.9. The zero-order chi connectivity index (χ0) is 11.3. The van der Waals surface area contributed by atoms with Crippen LogP contribution in [0.1, 0.15) is 23.7 Å². The smallest absolute Gasteiger partial charge is 0.257 e. The van der Waals surface area contributed by atoms with E-state index in [1.807, 2.05) is 6.92 Å². The Bertz CT molecular complexity index is 335. The summed E-state index contributed by atoms with van der Waals surface area (Å²) in [6, 6.07) is 1.63. The lowest BCUT2D eigenvalue weighted by molar-refractivity contribution is 0.0779. The molecule has 2 N–H and O–H groups in total. The number of furan rings is 1. The fourth-order valence-corrected chi connectivity index (χ4v) is 1.44. The van der Waals surface area contributed by atoms with Crippen LogP contribution in [-0.4, -0.2) is 28.9 Å². The monoisotopic (exact) mass is 226 g/mol. The molecule has 1 amide bonds. The molecule has 0 saturated carbocycles. The van der Waals surface area contributed by atoms with Gasteiger partial charge in [-0.3, -0.25) is 4.79 Å². The molecule has 0 aliphatic heterocycles. The van der Waals surface area contributed by atoms with Gasteiger partial charge in [0.05, 0.1) is 23.4 Å². The van der Waals surface area contributed by atoms with E-state index in [0.717, 1.165) is 6.42 Å². The fraction of sp³-hybridized carbons (Fsp3) is 0.400. The van der Waals surface area contributed by atoms with Gasteiger partial charge in [0.1, 0.15) is 6.26 Å². The topological polar surface area (TPSA) is 59.5 Å². The van der Waals surface area contributed by atoms with E-state index in [9.17, 15) is 4.79 Å². The van der Waals surface area contributed by atoms with Gasteiger partial charge in [0.15, 0.2) is 0 Å². The number of nitrogens with zero attached hydrogens (tertiary/aromatic N) is 1. The minimum atomic E-state index is -0.0987. The van der Waals surface area contributed by atoms with Crippen LogP contribution >= 0.6 is 12.2 Å². The minimum Gasteiger partial charge on any atom is -0.472 e. The van der Waals surface area contributed by atoms with Gasteiger partial charge in [-0.1, -0.05) is 19.1 Å². The van der Waals surface area contributed by atoms with Crippen molar-refractivity contribution in [2.24, 2.45) is 5.73 Å². The van der Waals surface area contributed by atoms with Crippen LogP contribution in [0.5, 0.6) is 0 Å². The second-order valence-electron chi connectivity index (χ2n) is 3.21. The summed E-state index contributed by atoms with van der Waals surface area (Å²) in [5, 5.41) is 0. The van der Waals surface area contributed by atoms with Crippen LogP contribution in [0, 0.1) is 0 Å². The normalized spacial score (nSPS) is 9.93. The summed E-state index contributed by atoms with van der Waals surface area (Å²) in [4.78, 5) is 13.8. The van der Waals surface area contributed by atoms with Crippen molar-refractivity contribution in [3.8, 4) is 0 Å². The number of rotatable bonds is 5. The number of thiocarbonyl (C=S) groups is 1. The van der Waals surface area contributed by atoms with Crippen LogP contribution < -0.4 is 5.73 Å². The standard InChI is InChI=1S/C10H14N2O2S/c1-2-4-12(6-9(11)15)10(13)8-3-5-14-7-8/h3,5,7H,2,4,6H2,1H3,(H2,11,15). The molecule has 0 aromatic carbocycles. The molecule has 82 valence electrons. The minimum absolute atomic E-state index is 0.0987. The van der Waals surface area contributed by atoms with Gasteiger partial charge in [-0.25, -0.2) is 0 Å². The molecule has 0 aliphatic rings. The third-order valence-corrected chi connectivity index (χ3v) is 2.02. The van der Waals surface area contributed by atoms with Crippen molar-refractivity contribution in [2.75, 3.05) is 13.1 Å². The Morgan fingerprint density at radius 2 is 2.40 bits per heavy atom. The van der Waals surface area contributed by atoms with Crippen LogP contribution in [0.4, 0.5) is 0 Å². The molecule has 1 heterocycles. The Morgan fingerprint density at radius 3 is 2.87 bits per heavy atom. The third kappa shape index (κ3) is 3.36. The van der Waals surface area contributed by atoms with Gasteiger partial charge >= 0.3 is 0 Å². The molecule has 0 fully saturated rings. The Labute approximate surface area is 94.0 Å². The van der Waals surface area contributed by atoms with Crippen LogP contribution in [0.25, 0.3) is 0 Å². The maximum Gasteiger partial charge on any atom is 0.257 e. The van der Waals surface area contributed by atoms with Gasteiger partial charge in [0.25, 0.3) is 5.91 Å². The van der Waals surface area contributed by atoms with E-state index in [1.54, 1.807) is 11.0 Å². The average molecular weight is 226 g/mol. The molecular formula is C10H14N2O2S. The van der Waals surface area contributed by atoms with E-state index in [4.69, 9.17) is 22.4 Å². The van der Waals surface area contributed by atoms with Crippen molar-refractivity contribution in [1.82, 2.24) is 4.90 Å². The maximum atomic E-state index is 11.9. The van der Waals surface area contributed by atoms with Crippen LogP contribution in [0.15, 0.2) is 23.0 Å². The largest absolute Gasteiger partial charge is 0.472 e. The van der Waals surface area contributed by atoms with E-state index >= 15 is 0 Å². The molecule has 1 aromatic rings. The quantitative estimate of drug-likeness (QED) is 0.771. The van der Waals surface area contributed by atoms with Gasteiger partial charge in [0.2, 0.25) is 0 Å². The van der Waals surface area contributed by atoms with Gasteiger partial charge in [-0.05, 0) is 12.5 Å². The third-order valence-electron chi connectivity index (χ3n) is 1.90. The summed E-state index contributed by atoms with van der Waals surface area (Å²) >= 11 is 4.80. The number of hydrogen-bond donors (Lipinski definition) is 1. The highest BCUT2D eigenvalue weighted by atomic mass is 32.1. The van der Waals surface area contributed by atoms with Crippen molar-refractivity contribution >= 4 is 23.1 Å². The summed E-state index contributed by atoms with van der Waals surface area (Å²) in [6.45, 7) is 2.95. The SMILES string of the molecule is CCCN(CC(N)=S)C(=O)c1ccoc1. The summed E-state index contributed by atoms with van der Waals surface area (Å²) < 4.78 is 4.86. The first-order valence-electron chi connectivity index (χ1n) is 4.75. The van der Waals surface area contributed by atoms with E-state index in [0.29, 0.717) is 23.6 Å². The predicted molar refractivity (Wildman–Crippen MR) is 61.7 cm³/mol. The molecule has 0 bridgehead atoms. The highest BCUT2D eigenvalue weighted by molar-refractivity contribution is 7.80. The molecule has 0 saturated heterocycles. The van der Waals surface area contributed by atoms with Crippen LogP contribution in [0.2, 0.25) is 0 Å². The van der Waals surface area contributed by atoms with Crippen LogP contribution in [0.3, 0.4) is 0 Å². The van der Waals surface area contributed by atoms with E-state index in [1.165, 1.54) is 12.5 Å². The number of carbonyl (C=O) groups is 1. The molecule has 0 aliphatic carbocycles. The first-order chi connectivity index (χ1) is 7.15.